The number of amides is 1. The minimum atomic E-state index is -0.336. The average Bonchev–Trinajstić information content (AvgIpc) is 3.29. The molecule has 3 aromatic rings. The molecule has 10 heteroatoms. The number of carbonyl (C=O) groups excluding carboxylic acids is 1. The molecular formula is C20H26ClN7O2. The Bertz CT molecular complexity index is 967. The molecule has 3 N–H and O–H groups in total. The molecule has 1 aromatic carbocycles. The summed E-state index contributed by atoms with van der Waals surface area (Å²) in [6, 6.07) is 9.28. The van der Waals surface area contributed by atoms with Crippen LogP contribution >= 0.6 is 12.4 Å². The van der Waals surface area contributed by atoms with Crippen molar-refractivity contribution in [2.24, 2.45) is 5.73 Å². The molecule has 1 aliphatic rings. The monoisotopic (exact) mass is 431 g/mol. The summed E-state index contributed by atoms with van der Waals surface area (Å²) < 4.78 is 6.86. The molecule has 9 nitrogen and oxygen atoms in total. The molecule has 0 radical (unpaired) electrons. The van der Waals surface area contributed by atoms with Crippen LogP contribution in [0.3, 0.4) is 0 Å². The quantitative estimate of drug-likeness (QED) is 0.560. The molecule has 0 aliphatic heterocycles. The van der Waals surface area contributed by atoms with Crippen LogP contribution in [0.2, 0.25) is 0 Å². The Morgan fingerprint density at radius 1 is 1.30 bits per heavy atom. The van der Waals surface area contributed by atoms with Crippen molar-refractivity contribution in [3.63, 3.8) is 0 Å². The largest absolute Gasteiger partial charge is 0.354 e. The van der Waals surface area contributed by atoms with Crippen LogP contribution in [0.25, 0.3) is 11.4 Å². The first-order valence-electron chi connectivity index (χ1n) is 9.95. The minimum absolute atomic E-state index is 0. The van der Waals surface area contributed by atoms with Gasteiger partial charge in [0.1, 0.15) is 12.4 Å². The zero-order chi connectivity index (χ0) is 20.2. The molecule has 1 aliphatic carbocycles. The first kappa shape index (κ1) is 21.9. The molecule has 0 saturated heterocycles. The highest BCUT2D eigenvalue weighted by molar-refractivity contribution is 5.85. The second kappa shape index (κ2) is 9.82. The summed E-state index contributed by atoms with van der Waals surface area (Å²) in [6.45, 7) is 2.30. The average molecular weight is 432 g/mol. The van der Waals surface area contributed by atoms with Gasteiger partial charge in [-0.15, -0.1) is 12.4 Å². The van der Waals surface area contributed by atoms with Crippen LogP contribution < -0.4 is 11.1 Å². The molecule has 1 fully saturated rings. The van der Waals surface area contributed by atoms with Gasteiger partial charge in [0.2, 0.25) is 11.8 Å². The molecule has 2 aromatic heterocycles. The number of halogens is 1. The zero-order valence-corrected chi connectivity index (χ0v) is 17.6. The number of nitrogens with two attached hydrogens (primary N) is 1. The second-order valence-corrected chi connectivity index (χ2v) is 7.38. The predicted molar refractivity (Wildman–Crippen MR) is 113 cm³/mol. The van der Waals surface area contributed by atoms with Gasteiger partial charge in [-0.1, -0.05) is 41.9 Å². The molecule has 2 heterocycles. The number of rotatable bonds is 8. The topological polar surface area (TPSA) is 125 Å². The van der Waals surface area contributed by atoms with Gasteiger partial charge >= 0.3 is 0 Å². The van der Waals surface area contributed by atoms with Crippen LogP contribution in [-0.2, 0) is 17.8 Å². The fourth-order valence-electron chi connectivity index (χ4n) is 3.21. The zero-order valence-electron chi connectivity index (χ0n) is 16.8. The molecule has 160 valence electrons. The number of aromatic nitrogens is 5. The van der Waals surface area contributed by atoms with E-state index in [0.717, 1.165) is 24.3 Å². The smallest absolute Gasteiger partial charge is 0.241 e. The molecule has 0 bridgehead atoms. The number of benzene rings is 1. The van der Waals surface area contributed by atoms with Gasteiger partial charge in [0.25, 0.3) is 0 Å². The lowest BCUT2D eigenvalue weighted by atomic mass is 9.85. The third-order valence-corrected chi connectivity index (χ3v) is 5.04. The SMILES string of the molecule is C[C@H](N)c1nc(-c2ccccc2)nn1CC(=O)NCCc1noc(C2CCC2)n1.Cl. The van der Waals surface area contributed by atoms with Crippen molar-refractivity contribution < 1.29 is 9.32 Å². The van der Waals surface area contributed by atoms with Gasteiger partial charge in [0.15, 0.2) is 11.6 Å². The van der Waals surface area contributed by atoms with Crippen LogP contribution in [0.15, 0.2) is 34.9 Å². The van der Waals surface area contributed by atoms with Gasteiger partial charge < -0.3 is 15.6 Å². The highest BCUT2D eigenvalue weighted by Gasteiger charge is 2.25. The number of nitrogens with zero attached hydrogens (tertiary/aromatic N) is 5. The Morgan fingerprint density at radius 2 is 2.07 bits per heavy atom. The minimum Gasteiger partial charge on any atom is -0.354 e. The molecule has 30 heavy (non-hydrogen) atoms. The van der Waals surface area contributed by atoms with Crippen LogP contribution in [0.5, 0.6) is 0 Å². The van der Waals surface area contributed by atoms with E-state index < -0.39 is 0 Å². The van der Waals surface area contributed by atoms with Gasteiger partial charge in [-0.25, -0.2) is 9.67 Å². The predicted octanol–water partition coefficient (Wildman–Crippen LogP) is 2.40. The molecular weight excluding hydrogens is 406 g/mol. The summed E-state index contributed by atoms with van der Waals surface area (Å²) in [6.07, 6.45) is 3.97. The lowest BCUT2D eigenvalue weighted by Gasteiger charge is -2.20. The normalized spacial score (nSPS) is 14.6. The number of hydrogen-bond donors (Lipinski definition) is 2. The van der Waals surface area contributed by atoms with Crippen LogP contribution in [-0.4, -0.2) is 37.4 Å². The Kier molecular flexibility index (Phi) is 7.17. The maximum Gasteiger partial charge on any atom is 0.241 e. The Labute approximate surface area is 180 Å². The Morgan fingerprint density at radius 3 is 2.73 bits per heavy atom. The lowest BCUT2D eigenvalue weighted by molar-refractivity contribution is -0.121. The molecule has 4 rings (SSSR count). The van der Waals surface area contributed by atoms with E-state index in [4.69, 9.17) is 10.3 Å². The van der Waals surface area contributed by atoms with Crippen LogP contribution in [0.4, 0.5) is 0 Å². The van der Waals surface area contributed by atoms with Crippen molar-refractivity contribution in [3.8, 4) is 11.4 Å². The van der Waals surface area contributed by atoms with Crippen molar-refractivity contribution in [1.29, 1.82) is 0 Å². The molecule has 1 amide bonds. The molecule has 0 unspecified atom stereocenters. The van der Waals surface area contributed by atoms with Crippen molar-refractivity contribution in [1.82, 2.24) is 30.2 Å². The summed E-state index contributed by atoms with van der Waals surface area (Å²) in [7, 11) is 0. The fraction of sp³-hybridized carbons (Fsp3) is 0.450. The highest BCUT2D eigenvalue weighted by atomic mass is 35.5. The highest BCUT2D eigenvalue weighted by Crippen LogP contribution is 2.35. The number of hydrogen-bond acceptors (Lipinski definition) is 7. The summed E-state index contributed by atoms with van der Waals surface area (Å²) in [5, 5.41) is 11.3. The van der Waals surface area contributed by atoms with Gasteiger partial charge in [-0.2, -0.15) is 10.1 Å². The van der Waals surface area contributed by atoms with Crippen molar-refractivity contribution in [3.05, 3.63) is 47.9 Å². The van der Waals surface area contributed by atoms with Crippen molar-refractivity contribution in [2.75, 3.05) is 6.54 Å². The maximum absolute atomic E-state index is 12.4. The lowest BCUT2D eigenvalue weighted by Crippen LogP contribution is -2.31. The van der Waals surface area contributed by atoms with Gasteiger partial charge in [-0.05, 0) is 19.8 Å². The number of nitrogens with one attached hydrogen (secondary N) is 1. The van der Waals surface area contributed by atoms with Crippen molar-refractivity contribution >= 4 is 18.3 Å². The van der Waals surface area contributed by atoms with E-state index in [2.05, 4.69) is 25.5 Å². The standard InChI is InChI=1S/C20H25N7O2.ClH/c1-13(21)19-24-18(14-6-3-2-4-7-14)25-27(19)12-17(28)22-11-10-16-23-20(29-26-16)15-8-5-9-15;/h2-4,6-7,13,15H,5,8-12,21H2,1H3,(H,22,28);1H/t13-;/m0./s1. The summed E-state index contributed by atoms with van der Waals surface area (Å²) in [5.41, 5.74) is 6.90. The van der Waals surface area contributed by atoms with E-state index in [1.165, 1.54) is 6.42 Å². The van der Waals surface area contributed by atoms with Crippen LogP contribution in [0.1, 0.15) is 55.7 Å². The van der Waals surface area contributed by atoms with Gasteiger partial charge in [0, 0.05) is 24.4 Å². The Hall–Kier alpha value is -2.78. The first-order chi connectivity index (χ1) is 14.1. The van der Waals surface area contributed by atoms with Crippen LogP contribution in [0, 0.1) is 0 Å². The van der Waals surface area contributed by atoms with E-state index in [1.807, 2.05) is 37.3 Å². The fourth-order valence-corrected chi connectivity index (χ4v) is 3.21. The van der Waals surface area contributed by atoms with Gasteiger partial charge in [0.05, 0.1) is 6.04 Å². The number of carbonyl (C=O) groups is 1. The second-order valence-electron chi connectivity index (χ2n) is 7.38. The maximum atomic E-state index is 12.4. The summed E-state index contributed by atoms with van der Waals surface area (Å²) in [4.78, 5) is 21.3. The van der Waals surface area contributed by atoms with E-state index in [-0.39, 0.29) is 30.9 Å². The van der Waals surface area contributed by atoms with E-state index >= 15 is 0 Å². The van der Waals surface area contributed by atoms with E-state index in [1.54, 1.807) is 4.68 Å². The molecule has 0 spiro atoms. The summed E-state index contributed by atoms with van der Waals surface area (Å²) >= 11 is 0. The Balaban J connectivity index is 0.00000256. The summed E-state index contributed by atoms with van der Waals surface area (Å²) in [5.74, 6) is 2.71. The van der Waals surface area contributed by atoms with E-state index in [9.17, 15) is 4.79 Å². The molecule has 1 saturated carbocycles. The van der Waals surface area contributed by atoms with Crippen molar-refractivity contribution in [2.45, 2.75) is 51.1 Å². The van der Waals surface area contributed by atoms with E-state index in [0.29, 0.717) is 36.4 Å². The third kappa shape index (κ3) is 5.03. The third-order valence-electron chi connectivity index (χ3n) is 5.04. The van der Waals surface area contributed by atoms with Gasteiger partial charge in [-0.3, -0.25) is 4.79 Å². The molecule has 1 atom stereocenters. The first-order valence-corrected chi connectivity index (χ1v) is 9.95.